The summed E-state index contributed by atoms with van der Waals surface area (Å²) in [6.07, 6.45) is 6.74. The van der Waals surface area contributed by atoms with Crippen molar-refractivity contribution in [1.29, 1.82) is 0 Å². The van der Waals surface area contributed by atoms with E-state index < -0.39 is 0 Å². The highest BCUT2D eigenvalue weighted by molar-refractivity contribution is 5.76. The van der Waals surface area contributed by atoms with Crippen molar-refractivity contribution in [2.45, 2.75) is 72.1 Å². The third-order valence-corrected chi connectivity index (χ3v) is 5.22. The summed E-state index contributed by atoms with van der Waals surface area (Å²) in [7, 11) is 4.28. The number of halogens is 1. The summed E-state index contributed by atoms with van der Waals surface area (Å²) in [5.74, 6) is 1.71. The van der Waals surface area contributed by atoms with Crippen LogP contribution in [0.3, 0.4) is 0 Å². The number of carbonyl (C=O) groups excluding carboxylic acids is 1. The van der Waals surface area contributed by atoms with E-state index in [1.165, 1.54) is 24.0 Å². The summed E-state index contributed by atoms with van der Waals surface area (Å²) < 4.78 is 6.77. The smallest absolute Gasteiger partial charge is 0.275 e. The molecule has 0 bridgehead atoms. The Balaban J connectivity index is 0.00000784. The monoisotopic (exact) mass is 470 g/mol. The van der Waals surface area contributed by atoms with Gasteiger partial charge in [0.2, 0.25) is 0 Å². The third kappa shape index (κ3) is 12.3. The summed E-state index contributed by atoms with van der Waals surface area (Å²) in [5.41, 5.74) is 2.53. The van der Waals surface area contributed by atoms with Crippen LogP contribution in [-0.2, 0) is 4.79 Å². The number of rotatable bonds is 14. The topological polar surface area (TPSA) is 38.3 Å². The Morgan fingerprint density at radius 3 is 2.48 bits per heavy atom. The number of quaternary nitrogens is 1. The fraction of sp³-hybridized carbons (Fsp3) is 0.708. The van der Waals surface area contributed by atoms with Crippen molar-refractivity contribution in [3.8, 4) is 5.75 Å². The van der Waals surface area contributed by atoms with Gasteiger partial charge in [0, 0.05) is 6.54 Å². The van der Waals surface area contributed by atoms with Crippen LogP contribution in [0.5, 0.6) is 5.75 Å². The standard InChI is InChI=1S/C24H42N2O2.BrH/c1-7-8-10-15-25-24(27)19-26(5,6)16-11-9-12-17-28-23-18-22(20(2)3)14-13-21(23)4;/h13-14,18,20H,7-12,15-17,19H2,1-6H3;1H. The van der Waals surface area contributed by atoms with Crippen molar-refractivity contribution < 1.29 is 31.0 Å². The van der Waals surface area contributed by atoms with E-state index in [0.717, 1.165) is 55.6 Å². The molecule has 1 rings (SSSR count). The Bertz CT molecular complexity index is 588. The molecule has 1 N–H and O–H groups in total. The van der Waals surface area contributed by atoms with Crippen LogP contribution < -0.4 is 27.0 Å². The molecule has 0 heterocycles. The Morgan fingerprint density at radius 1 is 1.10 bits per heavy atom. The fourth-order valence-corrected chi connectivity index (χ4v) is 3.26. The lowest BCUT2D eigenvalue weighted by atomic mass is 10.0. The number of likely N-dealkylation sites (N-methyl/N-ethyl adjacent to an activating group) is 1. The fourth-order valence-electron chi connectivity index (χ4n) is 3.26. The average Bonchev–Trinajstić information content (AvgIpc) is 2.62. The molecule has 0 aliphatic carbocycles. The molecule has 1 amide bonds. The van der Waals surface area contributed by atoms with E-state index in [1.54, 1.807) is 0 Å². The minimum atomic E-state index is 0. The molecule has 0 unspecified atom stereocenters. The van der Waals surface area contributed by atoms with Gasteiger partial charge >= 0.3 is 0 Å². The maximum atomic E-state index is 12.1. The van der Waals surface area contributed by atoms with E-state index in [-0.39, 0.29) is 22.9 Å². The van der Waals surface area contributed by atoms with E-state index in [4.69, 9.17) is 4.74 Å². The van der Waals surface area contributed by atoms with Gasteiger partial charge in [0.25, 0.3) is 5.91 Å². The SMILES string of the molecule is CCCCCNC(=O)C[N+](C)(C)CCCCCOc1cc(C(C)C)ccc1C.[Br-]. The van der Waals surface area contributed by atoms with E-state index in [0.29, 0.717) is 12.5 Å². The molecule has 29 heavy (non-hydrogen) atoms. The Hall–Kier alpha value is -1.07. The van der Waals surface area contributed by atoms with Crippen LogP contribution >= 0.6 is 0 Å². The summed E-state index contributed by atoms with van der Waals surface area (Å²) in [4.78, 5) is 12.1. The van der Waals surface area contributed by atoms with Gasteiger partial charge in [-0.2, -0.15) is 0 Å². The molecule has 0 atom stereocenters. The van der Waals surface area contributed by atoms with Gasteiger partial charge in [0.15, 0.2) is 6.54 Å². The number of benzene rings is 1. The first-order chi connectivity index (χ1) is 13.2. The van der Waals surface area contributed by atoms with Gasteiger partial charge < -0.3 is 31.5 Å². The van der Waals surface area contributed by atoms with Crippen molar-refractivity contribution in [3.63, 3.8) is 0 Å². The lowest BCUT2D eigenvalue weighted by Gasteiger charge is -2.29. The molecule has 0 aliphatic rings. The Morgan fingerprint density at radius 2 is 1.83 bits per heavy atom. The number of carbonyl (C=O) groups is 1. The lowest BCUT2D eigenvalue weighted by Crippen LogP contribution is -3.00. The van der Waals surface area contributed by atoms with Gasteiger partial charge in [0.1, 0.15) is 5.75 Å². The molecule has 0 fully saturated rings. The van der Waals surface area contributed by atoms with Crippen LogP contribution in [-0.4, -0.2) is 50.7 Å². The highest BCUT2D eigenvalue weighted by atomic mass is 79.9. The normalized spacial score (nSPS) is 11.3. The summed E-state index contributed by atoms with van der Waals surface area (Å²) in [5, 5.41) is 3.05. The number of nitrogens with one attached hydrogen (secondary N) is 1. The Labute approximate surface area is 189 Å². The van der Waals surface area contributed by atoms with E-state index in [9.17, 15) is 4.79 Å². The number of nitrogens with zero attached hydrogens (tertiary/aromatic N) is 1. The first kappa shape index (κ1) is 27.9. The molecular weight excluding hydrogens is 428 g/mol. The average molecular weight is 472 g/mol. The van der Waals surface area contributed by atoms with E-state index in [2.05, 4.69) is 65.3 Å². The van der Waals surface area contributed by atoms with Crippen LogP contribution in [0.2, 0.25) is 0 Å². The van der Waals surface area contributed by atoms with Crippen LogP contribution in [0.4, 0.5) is 0 Å². The second-order valence-electron chi connectivity index (χ2n) is 8.96. The van der Waals surface area contributed by atoms with Crippen LogP contribution in [0.15, 0.2) is 18.2 Å². The Kier molecular flexibility index (Phi) is 14.3. The highest BCUT2D eigenvalue weighted by Gasteiger charge is 2.19. The van der Waals surface area contributed by atoms with Crippen molar-refractivity contribution in [1.82, 2.24) is 5.32 Å². The van der Waals surface area contributed by atoms with Gasteiger partial charge in [-0.1, -0.05) is 45.7 Å². The number of ether oxygens (including phenoxy) is 1. The molecule has 1 aromatic carbocycles. The van der Waals surface area contributed by atoms with Crippen LogP contribution in [0.1, 0.15) is 76.3 Å². The lowest BCUT2D eigenvalue weighted by molar-refractivity contribution is -0.882. The van der Waals surface area contributed by atoms with Crippen molar-refractivity contribution in [2.75, 3.05) is 40.3 Å². The summed E-state index contributed by atoms with van der Waals surface area (Å²) >= 11 is 0. The molecule has 5 heteroatoms. The zero-order valence-corrected chi connectivity index (χ0v) is 21.1. The molecule has 1 aromatic rings. The number of aryl methyl sites for hydroxylation is 1. The first-order valence-electron chi connectivity index (χ1n) is 11.1. The van der Waals surface area contributed by atoms with E-state index >= 15 is 0 Å². The molecule has 0 aromatic heterocycles. The van der Waals surface area contributed by atoms with Crippen molar-refractivity contribution >= 4 is 5.91 Å². The maximum Gasteiger partial charge on any atom is 0.275 e. The van der Waals surface area contributed by atoms with Crippen LogP contribution in [0, 0.1) is 6.92 Å². The second kappa shape index (κ2) is 14.8. The molecule has 168 valence electrons. The molecular formula is C24H43BrN2O2. The number of amides is 1. The van der Waals surface area contributed by atoms with Gasteiger partial charge in [-0.15, -0.1) is 0 Å². The third-order valence-electron chi connectivity index (χ3n) is 5.22. The molecule has 0 radical (unpaired) electrons. The minimum absolute atomic E-state index is 0. The summed E-state index contributed by atoms with van der Waals surface area (Å²) in [6.45, 7) is 11.8. The number of hydrogen-bond donors (Lipinski definition) is 1. The number of hydrogen-bond acceptors (Lipinski definition) is 2. The van der Waals surface area contributed by atoms with Crippen LogP contribution in [0.25, 0.3) is 0 Å². The highest BCUT2D eigenvalue weighted by Crippen LogP contribution is 2.24. The zero-order chi connectivity index (χ0) is 21.0. The predicted octanol–water partition coefficient (Wildman–Crippen LogP) is 2.05. The molecule has 0 aliphatic heterocycles. The molecule has 4 nitrogen and oxygen atoms in total. The quantitative estimate of drug-likeness (QED) is 0.333. The minimum Gasteiger partial charge on any atom is -1.00 e. The number of unbranched alkanes of at least 4 members (excludes halogenated alkanes) is 4. The maximum absolute atomic E-state index is 12.1. The molecule has 0 saturated carbocycles. The van der Waals surface area contributed by atoms with Gasteiger partial charge in [-0.05, 0) is 55.7 Å². The zero-order valence-electron chi connectivity index (χ0n) is 19.5. The van der Waals surface area contributed by atoms with Crippen molar-refractivity contribution in [3.05, 3.63) is 29.3 Å². The molecule has 0 saturated heterocycles. The van der Waals surface area contributed by atoms with Gasteiger partial charge in [0.05, 0.1) is 27.2 Å². The summed E-state index contributed by atoms with van der Waals surface area (Å²) in [6, 6.07) is 6.52. The van der Waals surface area contributed by atoms with E-state index in [1.807, 2.05) is 0 Å². The molecule has 0 spiro atoms. The first-order valence-corrected chi connectivity index (χ1v) is 11.1. The largest absolute Gasteiger partial charge is 1.00 e. The second-order valence-corrected chi connectivity index (χ2v) is 8.96. The van der Waals surface area contributed by atoms with Gasteiger partial charge in [-0.3, -0.25) is 4.79 Å². The van der Waals surface area contributed by atoms with Gasteiger partial charge in [-0.25, -0.2) is 0 Å². The predicted molar refractivity (Wildman–Crippen MR) is 119 cm³/mol. The van der Waals surface area contributed by atoms with Crippen molar-refractivity contribution in [2.24, 2.45) is 0 Å².